The van der Waals surface area contributed by atoms with E-state index in [9.17, 15) is 4.79 Å². The number of carbonyl (C=O) groups excluding carboxylic acids is 1. The van der Waals surface area contributed by atoms with Crippen LogP contribution in [0.5, 0.6) is 0 Å². The lowest BCUT2D eigenvalue weighted by Crippen LogP contribution is -2.11. The van der Waals surface area contributed by atoms with Crippen LogP contribution < -0.4 is 5.73 Å². The number of benzene rings is 2. The van der Waals surface area contributed by atoms with E-state index in [2.05, 4.69) is 19.9 Å². The number of nitrogens with one attached hydrogen (secondary N) is 2. The Bertz CT molecular complexity index is 982. The Morgan fingerprint density at radius 3 is 2.71 bits per heavy atom. The molecule has 21 heavy (non-hydrogen) atoms. The summed E-state index contributed by atoms with van der Waals surface area (Å²) in [6.07, 6.45) is 1.64. The molecule has 0 fully saturated rings. The number of nitrogens with two attached hydrogens (primary N) is 1. The van der Waals surface area contributed by atoms with Crippen molar-refractivity contribution in [2.45, 2.75) is 0 Å². The van der Waals surface area contributed by atoms with Crippen molar-refractivity contribution in [1.82, 2.24) is 19.9 Å². The number of para-hydroxylation sites is 2. The van der Waals surface area contributed by atoms with Gasteiger partial charge in [-0.1, -0.05) is 12.1 Å². The molecule has 0 radical (unpaired) electrons. The van der Waals surface area contributed by atoms with Crippen molar-refractivity contribution >= 4 is 28.0 Å². The summed E-state index contributed by atoms with van der Waals surface area (Å²) in [5, 5.41) is 0. The van der Waals surface area contributed by atoms with Crippen LogP contribution in [0.4, 0.5) is 0 Å². The number of aromatic amines is 2. The number of imidazole rings is 2. The van der Waals surface area contributed by atoms with Gasteiger partial charge >= 0.3 is 0 Å². The number of H-pyrrole nitrogens is 2. The lowest BCUT2D eigenvalue weighted by atomic mass is 10.2. The van der Waals surface area contributed by atoms with E-state index in [1.54, 1.807) is 18.5 Å². The number of hydrogen-bond acceptors (Lipinski definition) is 3. The first-order valence-electron chi connectivity index (χ1n) is 6.45. The predicted molar refractivity (Wildman–Crippen MR) is 79.7 cm³/mol. The summed E-state index contributed by atoms with van der Waals surface area (Å²) in [4.78, 5) is 26.6. The van der Waals surface area contributed by atoms with Crippen LogP contribution >= 0.6 is 0 Å². The third kappa shape index (κ3) is 1.69. The van der Waals surface area contributed by atoms with Gasteiger partial charge in [-0.25, -0.2) is 9.97 Å². The molecule has 0 spiro atoms. The van der Waals surface area contributed by atoms with Gasteiger partial charge in [-0.3, -0.25) is 4.79 Å². The number of aromatic nitrogens is 4. The van der Waals surface area contributed by atoms with Crippen molar-refractivity contribution in [3.05, 3.63) is 48.3 Å². The number of carbonyl (C=O) groups is 1. The SMILES string of the molecule is NC(=O)c1cccc2[nH]c(-c3cccc4[nH]cnc34)nc12. The summed E-state index contributed by atoms with van der Waals surface area (Å²) >= 11 is 0. The van der Waals surface area contributed by atoms with Crippen molar-refractivity contribution in [3.8, 4) is 11.4 Å². The molecule has 0 saturated carbocycles. The molecule has 4 rings (SSSR count). The minimum absolute atomic E-state index is 0.407. The predicted octanol–water partition coefficient (Wildman–Crippen LogP) is 2.21. The maximum atomic E-state index is 11.5. The van der Waals surface area contributed by atoms with Gasteiger partial charge in [-0.05, 0) is 24.3 Å². The molecule has 2 aromatic carbocycles. The monoisotopic (exact) mass is 277 g/mol. The first-order chi connectivity index (χ1) is 10.2. The van der Waals surface area contributed by atoms with E-state index in [0.29, 0.717) is 16.9 Å². The molecule has 0 atom stereocenters. The molecule has 2 heterocycles. The summed E-state index contributed by atoms with van der Waals surface area (Å²) in [6.45, 7) is 0. The summed E-state index contributed by atoms with van der Waals surface area (Å²) in [6, 6.07) is 11.1. The lowest BCUT2D eigenvalue weighted by Gasteiger charge is -1.97. The number of rotatable bonds is 2. The molecule has 0 bridgehead atoms. The molecule has 0 aliphatic heterocycles. The molecule has 6 heteroatoms. The molecule has 102 valence electrons. The number of amides is 1. The number of nitrogens with zero attached hydrogens (tertiary/aromatic N) is 2. The van der Waals surface area contributed by atoms with Crippen LogP contribution in [-0.2, 0) is 0 Å². The molecular weight excluding hydrogens is 266 g/mol. The van der Waals surface area contributed by atoms with Crippen LogP contribution in [0.15, 0.2) is 42.7 Å². The lowest BCUT2D eigenvalue weighted by molar-refractivity contribution is 0.100. The van der Waals surface area contributed by atoms with Crippen molar-refractivity contribution in [3.63, 3.8) is 0 Å². The van der Waals surface area contributed by atoms with E-state index < -0.39 is 5.91 Å². The highest BCUT2D eigenvalue weighted by molar-refractivity contribution is 6.05. The van der Waals surface area contributed by atoms with Gasteiger partial charge in [0.25, 0.3) is 5.91 Å². The number of primary amides is 1. The second-order valence-corrected chi connectivity index (χ2v) is 4.76. The quantitative estimate of drug-likeness (QED) is 0.523. The van der Waals surface area contributed by atoms with Gasteiger partial charge in [0.15, 0.2) is 0 Å². The highest BCUT2D eigenvalue weighted by atomic mass is 16.1. The molecule has 4 aromatic rings. The summed E-state index contributed by atoms with van der Waals surface area (Å²) in [7, 11) is 0. The van der Waals surface area contributed by atoms with E-state index in [-0.39, 0.29) is 0 Å². The van der Waals surface area contributed by atoms with Crippen LogP contribution in [0.25, 0.3) is 33.5 Å². The van der Waals surface area contributed by atoms with Gasteiger partial charge < -0.3 is 15.7 Å². The van der Waals surface area contributed by atoms with Gasteiger partial charge in [0, 0.05) is 5.56 Å². The van der Waals surface area contributed by atoms with Crippen LogP contribution in [0.2, 0.25) is 0 Å². The van der Waals surface area contributed by atoms with E-state index >= 15 is 0 Å². The molecule has 0 saturated heterocycles. The van der Waals surface area contributed by atoms with Crippen LogP contribution in [0.1, 0.15) is 10.4 Å². The van der Waals surface area contributed by atoms with Crippen molar-refractivity contribution in [1.29, 1.82) is 0 Å². The zero-order chi connectivity index (χ0) is 14.4. The van der Waals surface area contributed by atoms with Crippen molar-refractivity contribution in [2.24, 2.45) is 5.73 Å². The van der Waals surface area contributed by atoms with Gasteiger partial charge in [0.2, 0.25) is 0 Å². The van der Waals surface area contributed by atoms with Crippen molar-refractivity contribution < 1.29 is 4.79 Å². The van der Waals surface area contributed by atoms with Gasteiger partial charge in [-0.15, -0.1) is 0 Å². The van der Waals surface area contributed by atoms with Crippen LogP contribution in [0.3, 0.4) is 0 Å². The Kier molecular flexibility index (Phi) is 2.32. The molecule has 4 N–H and O–H groups in total. The first-order valence-corrected chi connectivity index (χ1v) is 6.45. The molecule has 6 nitrogen and oxygen atoms in total. The third-order valence-electron chi connectivity index (χ3n) is 3.48. The van der Waals surface area contributed by atoms with E-state index in [1.807, 2.05) is 24.3 Å². The Hall–Kier alpha value is -3.15. The Labute approximate surface area is 119 Å². The minimum Gasteiger partial charge on any atom is -0.366 e. The fourth-order valence-electron chi connectivity index (χ4n) is 2.52. The van der Waals surface area contributed by atoms with Gasteiger partial charge in [-0.2, -0.15) is 0 Å². The largest absolute Gasteiger partial charge is 0.366 e. The average molecular weight is 277 g/mol. The molecule has 0 aliphatic rings. The van der Waals surface area contributed by atoms with Gasteiger partial charge in [0.05, 0.1) is 28.4 Å². The molecular formula is C15H11N5O. The molecule has 1 amide bonds. The zero-order valence-corrected chi connectivity index (χ0v) is 10.9. The fraction of sp³-hybridized carbons (Fsp3) is 0. The second-order valence-electron chi connectivity index (χ2n) is 4.76. The molecule has 2 aromatic heterocycles. The van der Waals surface area contributed by atoms with Crippen LogP contribution in [-0.4, -0.2) is 25.8 Å². The maximum absolute atomic E-state index is 11.5. The fourth-order valence-corrected chi connectivity index (χ4v) is 2.52. The average Bonchev–Trinajstić information content (AvgIpc) is 3.12. The number of hydrogen-bond donors (Lipinski definition) is 3. The maximum Gasteiger partial charge on any atom is 0.250 e. The van der Waals surface area contributed by atoms with Crippen LogP contribution in [0, 0.1) is 0 Å². The minimum atomic E-state index is -0.489. The summed E-state index contributed by atoms with van der Waals surface area (Å²) in [5.74, 6) is 0.174. The zero-order valence-electron chi connectivity index (χ0n) is 10.9. The second kappa shape index (κ2) is 4.17. The number of fused-ring (bicyclic) bond motifs is 2. The van der Waals surface area contributed by atoms with Crippen molar-refractivity contribution in [2.75, 3.05) is 0 Å². The van der Waals surface area contributed by atoms with E-state index in [1.165, 1.54) is 0 Å². The summed E-state index contributed by atoms with van der Waals surface area (Å²) < 4.78 is 0. The normalized spacial score (nSPS) is 11.2. The topological polar surface area (TPSA) is 100 Å². The van der Waals surface area contributed by atoms with E-state index in [0.717, 1.165) is 22.1 Å². The standard InChI is InChI=1S/C15H11N5O/c16-14(21)8-3-1-6-11-13(8)20-15(19-11)9-4-2-5-10-12(9)18-7-17-10/h1-7H,(H2,16,21)(H,17,18)(H,19,20). The highest BCUT2D eigenvalue weighted by Gasteiger charge is 2.14. The summed E-state index contributed by atoms with van der Waals surface area (Å²) in [5.41, 5.74) is 9.79. The highest BCUT2D eigenvalue weighted by Crippen LogP contribution is 2.27. The first kappa shape index (κ1) is 11.7. The molecule has 0 unspecified atom stereocenters. The molecule has 0 aliphatic carbocycles. The van der Waals surface area contributed by atoms with E-state index in [4.69, 9.17) is 5.73 Å². The Morgan fingerprint density at radius 1 is 1.05 bits per heavy atom. The smallest absolute Gasteiger partial charge is 0.250 e. The Balaban J connectivity index is 2.01. The third-order valence-corrected chi connectivity index (χ3v) is 3.48. The van der Waals surface area contributed by atoms with Gasteiger partial charge in [0.1, 0.15) is 11.3 Å². The Morgan fingerprint density at radius 2 is 1.86 bits per heavy atom.